The first-order chi connectivity index (χ1) is 17.4. The topological polar surface area (TPSA) is 105 Å². The van der Waals surface area contributed by atoms with Crippen LogP contribution in [0.3, 0.4) is 0 Å². The summed E-state index contributed by atoms with van der Waals surface area (Å²) in [7, 11) is 0. The van der Waals surface area contributed by atoms with Crippen molar-refractivity contribution in [2.45, 2.75) is 65.7 Å². The summed E-state index contributed by atoms with van der Waals surface area (Å²) in [6, 6.07) is 16.2. The van der Waals surface area contributed by atoms with E-state index in [-0.39, 0.29) is 32.0 Å². The van der Waals surface area contributed by atoms with Gasteiger partial charge >= 0.3 is 18.0 Å². The van der Waals surface area contributed by atoms with Crippen molar-refractivity contribution in [1.29, 1.82) is 0 Å². The second-order valence-electron chi connectivity index (χ2n) is 10.4. The molecule has 0 saturated heterocycles. The zero-order valence-electron chi connectivity index (χ0n) is 22.7. The van der Waals surface area contributed by atoms with Gasteiger partial charge in [0.1, 0.15) is 11.6 Å². The molecule has 2 N–H and O–H groups in total. The third-order valence-corrected chi connectivity index (χ3v) is 5.31. The summed E-state index contributed by atoms with van der Waals surface area (Å²) in [5.41, 5.74) is 2.22. The molecule has 0 aliphatic carbocycles. The minimum atomic E-state index is -1.49. The maximum atomic E-state index is 13.2. The Hall–Kier alpha value is -3.39. The Bertz CT molecular complexity index is 1010. The second-order valence-corrected chi connectivity index (χ2v) is 10.4. The quantitative estimate of drug-likeness (QED) is 0.437. The maximum absolute atomic E-state index is 13.2. The molecular formula is C29H40N2O6. The van der Waals surface area contributed by atoms with Crippen LogP contribution in [0.2, 0.25) is 0 Å². The van der Waals surface area contributed by atoms with Crippen molar-refractivity contribution in [3.05, 3.63) is 60.2 Å². The van der Waals surface area contributed by atoms with Gasteiger partial charge in [-0.25, -0.2) is 14.4 Å². The van der Waals surface area contributed by atoms with E-state index in [0.717, 1.165) is 16.7 Å². The van der Waals surface area contributed by atoms with E-state index in [1.54, 1.807) is 27.7 Å². The molecule has 8 heteroatoms. The maximum Gasteiger partial charge on any atom is 0.336 e. The lowest BCUT2D eigenvalue weighted by molar-refractivity contribution is -0.157. The molecule has 8 nitrogen and oxygen atoms in total. The van der Waals surface area contributed by atoms with Crippen molar-refractivity contribution in [3.63, 3.8) is 0 Å². The highest BCUT2D eigenvalue weighted by Gasteiger charge is 2.30. The lowest BCUT2D eigenvalue weighted by Gasteiger charge is -2.30. The van der Waals surface area contributed by atoms with Gasteiger partial charge in [0, 0.05) is 13.0 Å². The molecule has 2 aromatic carbocycles. The number of benzene rings is 2. The van der Waals surface area contributed by atoms with Crippen molar-refractivity contribution in [2.24, 2.45) is 5.92 Å². The van der Waals surface area contributed by atoms with E-state index >= 15 is 0 Å². The number of hydrogen-bond acceptors (Lipinski definition) is 6. The van der Waals surface area contributed by atoms with Crippen LogP contribution in [-0.4, -0.2) is 65.4 Å². The van der Waals surface area contributed by atoms with Gasteiger partial charge in [0.2, 0.25) is 0 Å². The smallest absolute Gasteiger partial charge is 0.336 e. The molecule has 37 heavy (non-hydrogen) atoms. The summed E-state index contributed by atoms with van der Waals surface area (Å²) in [6.07, 6.45) is -1.28. The average Bonchev–Trinajstić information content (AvgIpc) is 2.83. The predicted molar refractivity (Wildman–Crippen MR) is 143 cm³/mol. The fourth-order valence-electron chi connectivity index (χ4n) is 3.71. The number of urea groups is 1. The molecule has 0 aliphatic heterocycles. The number of esters is 2. The van der Waals surface area contributed by atoms with Gasteiger partial charge in [0.25, 0.3) is 0 Å². The number of amides is 2. The summed E-state index contributed by atoms with van der Waals surface area (Å²) in [6.45, 7) is 10.9. The average molecular weight is 513 g/mol. The molecule has 0 spiro atoms. The SMILES string of the molecule is CCOC(=O)C(O)CN(CC(C)C)C(=O)NC(Cc1ccc(-c2ccccc2)cc1)C(=O)OC(C)(C)C. The van der Waals surface area contributed by atoms with Crippen LogP contribution < -0.4 is 5.32 Å². The molecule has 0 bridgehead atoms. The zero-order valence-corrected chi connectivity index (χ0v) is 22.7. The number of ether oxygens (including phenoxy) is 2. The largest absolute Gasteiger partial charge is 0.464 e. The van der Waals surface area contributed by atoms with E-state index in [2.05, 4.69) is 5.32 Å². The molecule has 0 saturated carbocycles. The summed E-state index contributed by atoms with van der Waals surface area (Å²) in [5, 5.41) is 13.0. The number of carbonyl (C=O) groups is 3. The van der Waals surface area contributed by atoms with Crippen LogP contribution in [0, 0.1) is 5.92 Å². The Labute approximate surface area is 220 Å². The van der Waals surface area contributed by atoms with Crippen LogP contribution in [-0.2, 0) is 25.5 Å². The number of nitrogens with one attached hydrogen (secondary N) is 1. The van der Waals surface area contributed by atoms with Gasteiger partial charge in [-0.2, -0.15) is 0 Å². The second kappa shape index (κ2) is 13.8. The lowest BCUT2D eigenvalue weighted by Crippen LogP contribution is -2.53. The van der Waals surface area contributed by atoms with Crippen LogP contribution >= 0.6 is 0 Å². The first kappa shape index (κ1) is 29.8. The van der Waals surface area contributed by atoms with E-state index in [9.17, 15) is 19.5 Å². The number of aliphatic hydroxyl groups excluding tert-OH is 1. The Balaban J connectivity index is 2.23. The summed E-state index contributed by atoms with van der Waals surface area (Å²) >= 11 is 0. The highest BCUT2D eigenvalue weighted by molar-refractivity contribution is 5.84. The van der Waals surface area contributed by atoms with Crippen LogP contribution in [0.15, 0.2) is 54.6 Å². The molecule has 2 amide bonds. The summed E-state index contributed by atoms with van der Waals surface area (Å²) < 4.78 is 10.4. The van der Waals surface area contributed by atoms with Gasteiger partial charge in [0.05, 0.1) is 13.2 Å². The standard InChI is InChI=1S/C29H40N2O6/c1-7-36-27(34)25(32)19-31(18-20(2)3)28(35)30-24(26(33)37-29(4,5)6)17-21-13-15-23(16-14-21)22-11-9-8-10-12-22/h8-16,20,24-25,32H,7,17-19H2,1-6H3,(H,30,35). The molecule has 2 unspecified atom stereocenters. The number of rotatable bonds is 11. The number of nitrogens with zero attached hydrogens (tertiary/aromatic N) is 1. The van der Waals surface area contributed by atoms with Gasteiger partial charge in [-0.15, -0.1) is 0 Å². The van der Waals surface area contributed by atoms with Crippen molar-refractivity contribution >= 4 is 18.0 Å². The van der Waals surface area contributed by atoms with E-state index in [1.807, 2.05) is 68.4 Å². The molecule has 0 aromatic heterocycles. The van der Waals surface area contributed by atoms with E-state index < -0.39 is 35.7 Å². The molecule has 0 radical (unpaired) electrons. The molecule has 2 rings (SSSR count). The van der Waals surface area contributed by atoms with Crippen molar-refractivity contribution in [2.75, 3.05) is 19.7 Å². The third kappa shape index (κ3) is 10.2. The molecule has 2 aromatic rings. The van der Waals surface area contributed by atoms with E-state index in [0.29, 0.717) is 0 Å². The normalized spacial score (nSPS) is 13.0. The highest BCUT2D eigenvalue weighted by atomic mass is 16.6. The molecule has 0 fully saturated rings. The number of hydrogen-bond donors (Lipinski definition) is 2. The molecule has 202 valence electrons. The van der Waals surface area contributed by atoms with Crippen LogP contribution in [0.25, 0.3) is 11.1 Å². The zero-order chi connectivity index (χ0) is 27.6. The van der Waals surface area contributed by atoms with E-state index in [4.69, 9.17) is 9.47 Å². The van der Waals surface area contributed by atoms with Crippen molar-refractivity contribution in [1.82, 2.24) is 10.2 Å². The Morgan fingerprint density at radius 1 is 0.919 bits per heavy atom. The van der Waals surface area contributed by atoms with Gasteiger partial charge in [0.15, 0.2) is 6.10 Å². The Kier molecular flexibility index (Phi) is 11.1. The third-order valence-electron chi connectivity index (χ3n) is 5.31. The summed E-state index contributed by atoms with van der Waals surface area (Å²) in [4.78, 5) is 39.6. The van der Waals surface area contributed by atoms with Crippen molar-refractivity contribution < 1.29 is 29.0 Å². The van der Waals surface area contributed by atoms with Gasteiger partial charge in [-0.05, 0) is 50.3 Å². The van der Waals surface area contributed by atoms with E-state index in [1.165, 1.54) is 4.90 Å². The monoisotopic (exact) mass is 512 g/mol. The van der Waals surface area contributed by atoms with Crippen LogP contribution in [0.5, 0.6) is 0 Å². The number of carbonyl (C=O) groups excluding carboxylic acids is 3. The van der Waals surface area contributed by atoms with Crippen LogP contribution in [0.1, 0.15) is 47.1 Å². The van der Waals surface area contributed by atoms with Crippen LogP contribution in [0.4, 0.5) is 4.79 Å². The Morgan fingerprint density at radius 3 is 2.05 bits per heavy atom. The summed E-state index contributed by atoms with van der Waals surface area (Å²) in [5.74, 6) is -1.31. The fourth-order valence-corrected chi connectivity index (χ4v) is 3.71. The molecule has 0 aliphatic rings. The fraction of sp³-hybridized carbons (Fsp3) is 0.483. The van der Waals surface area contributed by atoms with Crippen molar-refractivity contribution in [3.8, 4) is 11.1 Å². The predicted octanol–water partition coefficient (Wildman–Crippen LogP) is 4.20. The van der Waals surface area contributed by atoms with Gasteiger partial charge in [-0.1, -0.05) is 68.4 Å². The number of aliphatic hydroxyl groups is 1. The molecule has 2 atom stereocenters. The minimum absolute atomic E-state index is 0.0608. The molecule has 0 heterocycles. The lowest BCUT2D eigenvalue weighted by atomic mass is 10.0. The minimum Gasteiger partial charge on any atom is -0.464 e. The first-order valence-corrected chi connectivity index (χ1v) is 12.7. The highest BCUT2D eigenvalue weighted by Crippen LogP contribution is 2.20. The Morgan fingerprint density at radius 2 is 1.51 bits per heavy atom. The first-order valence-electron chi connectivity index (χ1n) is 12.7. The van der Waals surface area contributed by atoms with Gasteiger partial charge < -0.3 is 24.8 Å². The van der Waals surface area contributed by atoms with Gasteiger partial charge in [-0.3, -0.25) is 0 Å². The molecular weight excluding hydrogens is 472 g/mol.